The Kier molecular flexibility index (Phi) is 5.35. The molecule has 0 aliphatic carbocycles. The third-order valence-electron chi connectivity index (χ3n) is 2.99. The SMILES string of the molecule is CCCNc1cc(NC(C)c2ncc(CC)s2)ccn1. The van der Waals surface area contributed by atoms with Crippen LogP contribution in [0.25, 0.3) is 0 Å². The molecule has 4 nitrogen and oxygen atoms in total. The van der Waals surface area contributed by atoms with Gasteiger partial charge in [-0.1, -0.05) is 13.8 Å². The van der Waals surface area contributed by atoms with Crippen LogP contribution >= 0.6 is 11.3 Å². The Morgan fingerprint density at radius 1 is 1.30 bits per heavy atom. The van der Waals surface area contributed by atoms with Crippen LogP contribution < -0.4 is 10.6 Å². The first-order valence-electron chi connectivity index (χ1n) is 7.14. The highest BCUT2D eigenvalue weighted by Gasteiger charge is 2.10. The van der Waals surface area contributed by atoms with E-state index in [2.05, 4.69) is 41.4 Å². The van der Waals surface area contributed by atoms with E-state index in [0.717, 1.165) is 35.9 Å². The second-order valence-corrected chi connectivity index (χ2v) is 5.89. The van der Waals surface area contributed by atoms with Crippen molar-refractivity contribution in [1.29, 1.82) is 0 Å². The van der Waals surface area contributed by atoms with Crippen LogP contribution in [0.2, 0.25) is 0 Å². The number of aromatic nitrogens is 2. The molecule has 1 unspecified atom stereocenters. The topological polar surface area (TPSA) is 49.8 Å². The fourth-order valence-electron chi connectivity index (χ4n) is 1.87. The maximum absolute atomic E-state index is 4.48. The third-order valence-corrected chi connectivity index (χ3v) is 4.31. The van der Waals surface area contributed by atoms with Gasteiger partial charge in [-0.05, 0) is 25.8 Å². The van der Waals surface area contributed by atoms with Gasteiger partial charge in [0.25, 0.3) is 0 Å². The second-order valence-electron chi connectivity index (χ2n) is 4.74. The predicted octanol–water partition coefficient (Wildman–Crippen LogP) is 4.10. The molecule has 2 N–H and O–H groups in total. The summed E-state index contributed by atoms with van der Waals surface area (Å²) in [7, 11) is 0. The summed E-state index contributed by atoms with van der Waals surface area (Å²) in [5.74, 6) is 0.914. The lowest BCUT2D eigenvalue weighted by Gasteiger charge is -2.13. The predicted molar refractivity (Wildman–Crippen MR) is 86.5 cm³/mol. The molecular weight excluding hydrogens is 268 g/mol. The van der Waals surface area contributed by atoms with E-state index in [0.29, 0.717) is 0 Å². The van der Waals surface area contributed by atoms with Crippen molar-refractivity contribution in [3.63, 3.8) is 0 Å². The molecule has 0 saturated carbocycles. The molecule has 5 heteroatoms. The Bertz CT molecular complexity index is 538. The first-order valence-corrected chi connectivity index (χ1v) is 7.95. The minimum atomic E-state index is 0.210. The van der Waals surface area contributed by atoms with E-state index >= 15 is 0 Å². The first kappa shape index (κ1) is 14.8. The molecule has 0 aliphatic rings. The number of nitrogens with one attached hydrogen (secondary N) is 2. The van der Waals surface area contributed by atoms with Crippen molar-refractivity contribution in [3.8, 4) is 0 Å². The molecule has 0 spiro atoms. The Morgan fingerprint density at radius 2 is 2.15 bits per heavy atom. The highest BCUT2D eigenvalue weighted by Crippen LogP contribution is 2.24. The standard InChI is InChI=1S/C15H22N4S/c1-4-7-16-14-9-12(6-8-17-14)19-11(3)15-18-10-13(5-2)20-15/h6,8-11H,4-5,7H2,1-3H3,(H2,16,17,19). The second kappa shape index (κ2) is 7.24. The quantitative estimate of drug-likeness (QED) is 0.806. The summed E-state index contributed by atoms with van der Waals surface area (Å²) in [4.78, 5) is 10.1. The number of pyridine rings is 1. The fourth-order valence-corrected chi connectivity index (χ4v) is 2.73. The average Bonchev–Trinajstić information content (AvgIpc) is 2.94. The van der Waals surface area contributed by atoms with E-state index < -0.39 is 0 Å². The molecule has 1 atom stereocenters. The van der Waals surface area contributed by atoms with Crippen molar-refractivity contribution < 1.29 is 0 Å². The third kappa shape index (κ3) is 3.93. The van der Waals surface area contributed by atoms with Crippen molar-refractivity contribution in [2.75, 3.05) is 17.2 Å². The largest absolute Gasteiger partial charge is 0.376 e. The molecule has 2 aromatic heterocycles. The molecule has 2 heterocycles. The van der Waals surface area contributed by atoms with Crippen LogP contribution in [0.1, 0.15) is 43.1 Å². The van der Waals surface area contributed by atoms with Gasteiger partial charge in [-0.2, -0.15) is 0 Å². The Hall–Kier alpha value is -1.62. The summed E-state index contributed by atoms with van der Waals surface area (Å²) in [5, 5.41) is 7.90. The van der Waals surface area contributed by atoms with Crippen molar-refractivity contribution in [1.82, 2.24) is 9.97 Å². The van der Waals surface area contributed by atoms with Gasteiger partial charge in [-0.25, -0.2) is 9.97 Å². The average molecular weight is 290 g/mol. The lowest BCUT2D eigenvalue weighted by Crippen LogP contribution is -2.07. The number of hydrogen-bond acceptors (Lipinski definition) is 5. The molecule has 0 radical (unpaired) electrons. The summed E-state index contributed by atoms with van der Waals surface area (Å²) in [6.07, 6.45) is 5.94. The van der Waals surface area contributed by atoms with Crippen LogP contribution in [0.5, 0.6) is 0 Å². The van der Waals surface area contributed by atoms with E-state index in [9.17, 15) is 0 Å². The van der Waals surface area contributed by atoms with Gasteiger partial charge in [-0.15, -0.1) is 11.3 Å². The molecule has 0 bridgehead atoms. The molecule has 0 aliphatic heterocycles. The summed E-state index contributed by atoms with van der Waals surface area (Å²) in [6.45, 7) is 7.38. The number of aryl methyl sites for hydroxylation is 1. The van der Waals surface area contributed by atoms with Crippen LogP contribution in [0.15, 0.2) is 24.5 Å². The maximum Gasteiger partial charge on any atom is 0.127 e. The molecular formula is C15H22N4S. The van der Waals surface area contributed by atoms with Gasteiger partial charge < -0.3 is 10.6 Å². The Morgan fingerprint density at radius 3 is 2.85 bits per heavy atom. The molecule has 0 aromatic carbocycles. The molecule has 0 saturated heterocycles. The number of thiazole rings is 1. The van der Waals surface area contributed by atoms with E-state index in [1.165, 1.54) is 4.88 Å². The minimum Gasteiger partial charge on any atom is -0.376 e. The van der Waals surface area contributed by atoms with E-state index in [1.807, 2.05) is 24.5 Å². The van der Waals surface area contributed by atoms with Crippen molar-refractivity contribution in [2.45, 2.75) is 39.7 Å². The molecule has 108 valence electrons. The molecule has 20 heavy (non-hydrogen) atoms. The Labute approximate surface area is 124 Å². The van der Waals surface area contributed by atoms with Crippen LogP contribution in [0.3, 0.4) is 0 Å². The number of nitrogens with zero attached hydrogens (tertiary/aromatic N) is 2. The summed E-state index contributed by atoms with van der Waals surface area (Å²) in [6, 6.07) is 4.24. The zero-order valence-corrected chi connectivity index (χ0v) is 13.1. The minimum absolute atomic E-state index is 0.210. The zero-order chi connectivity index (χ0) is 14.4. The van der Waals surface area contributed by atoms with Gasteiger partial charge in [0.15, 0.2) is 0 Å². The van der Waals surface area contributed by atoms with E-state index in [-0.39, 0.29) is 6.04 Å². The van der Waals surface area contributed by atoms with Gasteiger partial charge in [0.1, 0.15) is 10.8 Å². The lowest BCUT2D eigenvalue weighted by atomic mass is 10.3. The van der Waals surface area contributed by atoms with Crippen molar-refractivity contribution >= 4 is 22.8 Å². The summed E-state index contributed by atoms with van der Waals surface area (Å²) >= 11 is 1.77. The van der Waals surface area contributed by atoms with Crippen LogP contribution in [-0.4, -0.2) is 16.5 Å². The highest BCUT2D eigenvalue weighted by atomic mass is 32.1. The normalized spacial score (nSPS) is 12.2. The van der Waals surface area contributed by atoms with Gasteiger partial charge in [-0.3, -0.25) is 0 Å². The van der Waals surface area contributed by atoms with E-state index in [4.69, 9.17) is 0 Å². The molecule has 0 amide bonds. The van der Waals surface area contributed by atoms with Gasteiger partial charge in [0.2, 0.25) is 0 Å². The number of rotatable bonds is 7. The van der Waals surface area contributed by atoms with Gasteiger partial charge in [0.05, 0.1) is 6.04 Å². The lowest BCUT2D eigenvalue weighted by molar-refractivity contribution is 0.868. The molecule has 2 rings (SSSR count). The maximum atomic E-state index is 4.48. The Balaban J connectivity index is 2.01. The molecule has 0 fully saturated rings. The van der Waals surface area contributed by atoms with Crippen molar-refractivity contribution in [2.24, 2.45) is 0 Å². The number of hydrogen-bond donors (Lipinski definition) is 2. The zero-order valence-electron chi connectivity index (χ0n) is 12.3. The van der Waals surface area contributed by atoms with Crippen LogP contribution in [0, 0.1) is 0 Å². The monoisotopic (exact) mass is 290 g/mol. The van der Waals surface area contributed by atoms with Crippen molar-refractivity contribution in [3.05, 3.63) is 34.4 Å². The van der Waals surface area contributed by atoms with Crippen LogP contribution in [0.4, 0.5) is 11.5 Å². The summed E-state index contributed by atoms with van der Waals surface area (Å²) in [5.41, 5.74) is 1.07. The summed E-state index contributed by atoms with van der Waals surface area (Å²) < 4.78 is 0. The molecule has 2 aromatic rings. The fraction of sp³-hybridized carbons (Fsp3) is 0.467. The number of anilines is 2. The van der Waals surface area contributed by atoms with Crippen LogP contribution in [-0.2, 0) is 6.42 Å². The highest BCUT2D eigenvalue weighted by molar-refractivity contribution is 7.11. The van der Waals surface area contributed by atoms with Gasteiger partial charge >= 0.3 is 0 Å². The van der Waals surface area contributed by atoms with E-state index in [1.54, 1.807) is 11.3 Å². The smallest absolute Gasteiger partial charge is 0.127 e. The first-order chi connectivity index (χ1) is 9.72. The van der Waals surface area contributed by atoms with Gasteiger partial charge in [0, 0.05) is 35.6 Å².